The van der Waals surface area contributed by atoms with Crippen molar-refractivity contribution in [3.05, 3.63) is 10.6 Å². The van der Waals surface area contributed by atoms with E-state index >= 15 is 0 Å². The molecule has 0 radical (unpaired) electrons. The summed E-state index contributed by atoms with van der Waals surface area (Å²) < 4.78 is 0. The van der Waals surface area contributed by atoms with Gasteiger partial charge in [0, 0.05) is 17.3 Å². The highest BCUT2D eigenvalue weighted by Gasteiger charge is 2.05. The van der Waals surface area contributed by atoms with Crippen LogP contribution in [0.1, 0.15) is 23.9 Å². The molecule has 1 rings (SSSR count). The van der Waals surface area contributed by atoms with Crippen LogP contribution in [0.5, 0.6) is 0 Å². The number of hydrogen-bond donors (Lipinski definition) is 1. The van der Waals surface area contributed by atoms with E-state index < -0.39 is 0 Å². The molecule has 14 heavy (non-hydrogen) atoms. The molecule has 0 amide bonds. The standard InChI is InChI=1S/C10H17ClN2S/c1-7(4-5-11)6-12-10-13-8(2)9(3)14-10/h7H,4-6H2,1-3H3,(H,12,13). The van der Waals surface area contributed by atoms with Crippen LogP contribution in [-0.4, -0.2) is 17.4 Å². The van der Waals surface area contributed by atoms with E-state index in [1.54, 1.807) is 11.3 Å². The number of aryl methyl sites for hydroxylation is 2. The second kappa shape index (κ2) is 5.56. The van der Waals surface area contributed by atoms with Crippen molar-refractivity contribution >= 4 is 28.1 Å². The van der Waals surface area contributed by atoms with Crippen LogP contribution in [0.15, 0.2) is 0 Å². The lowest BCUT2D eigenvalue weighted by atomic mass is 10.1. The third-order valence-corrected chi connectivity index (χ3v) is 3.48. The minimum atomic E-state index is 0.608. The summed E-state index contributed by atoms with van der Waals surface area (Å²) in [5, 5.41) is 4.37. The van der Waals surface area contributed by atoms with Gasteiger partial charge in [0.1, 0.15) is 0 Å². The predicted octanol–water partition coefficient (Wildman–Crippen LogP) is 3.44. The summed E-state index contributed by atoms with van der Waals surface area (Å²) in [5.41, 5.74) is 1.13. The number of aromatic nitrogens is 1. The lowest BCUT2D eigenvalue weighted by Crippen LogP contribution is -2.11. The normalized spacial score (nSPS) is 12.9. The fourth-order valence-corrected chi connectivity index (χ4v) is 2.29. The molecule has 1 heterocycles. The highest BCUT2D eigenvalue weighted by molar-refractivity contribution is 7.15. The van der Waals surface area contributed by atoms with Crippen LogP contribution >= 0.6 is 22.9 Å². The first kappa shape index (κ1) is 11.8. The monoisotopic (exact) mass is 232 g/mol. The smallest absolute Gasteiger partial charge is 0.183 e. The van der Waals surface area contributed by atoms with Gasteiger partial charge in [-0.2, -0.15) is 0 Å². The Morgan fingerprint density at radius 1 is 1.50 bits per heavy atom. The van der Waals surface area contributed by atoms with Crippen molar-refractivity contribution in [1.82, 2.24) is 4.98 Å². The number of alkyl halides is 1. The van der Waals surface area contributed by atoms with Gasteiger partial charge in [0.2, 0.25) is 0 Å². The van der Waals surface area contributed by atoms with Crippen LogP contribution in [-0.2, 0) is 0 Å². The van der Waals surface area contributed by atoms with Crippen LogP contribution in [0.2, 0.25) is 0 Å². The van der Waals surface area contributed by atoms with Crippen molar-refractivity contribution in [2.45, 2.75) is 27.2 Å². The molecule has 0 aliphatic heterocycles. The number of rotatable bonds is 5. The van der Waals surface area contributed by atoms with Crippen molar-refractivity contribution in [1.29, 1.82) is 0 Å². The third-order valence-electron chi connectivity index (χ3n) is 2.23. The number of hydrogen-bond acceptors (Lipinski definition) is 3. The molecule has 0 aliphatic carbocycles. The summed E-state index contributed by atoms with van der Waals surface area (Å²) in [6, 6.07) is 0. The summed E-state index contributed by atoms with van der Waals surface area (Å²) in [6.45, 7) is 7.29. The molecule has 0 aromatic carbocycles. The Bertz CT molecular complexity index is 266. The Balaban J connectivity index is 2.38. The molecule has 2 nitrogen and oxygen atoms in total. The SMILES string of the molecule is Cc1nc(NCC(C)CCCl)sc1C. The molecule has 0 fully saturated rings. The molecule has 0 spiro atoms. The Hall–Kier alpha value is -0.280. The molecule has 0 saturated carbocycles. The van der Waals surface area contributed by atoms with Gasteiger partial charge in [0.25, 0.3) is 0 Å². The minimum absolute atomic E-state index is 0.608. The fraction of sp³-hybridized carbons (Fsp3) is 0.700. The van der Waals surface area contributed by atoms with Crippen molar-refractivity contribution in [3.63, 3.8) is 0 Å². The van der Waals surface area contributed by atoms with E-state index in [9.17, 15) is 0 Å². The summed E-state index contributed by atoms with van der Waals surface area (Å²) in [7, 11) is 0. The fourth-order valence-electron chi connectivity index (χ4n) is 1.10. The van der Waals surface area contributed by atoms with Crippen LogP contribution < -0.4 is 5.32 Å². The molecule has 1 aromatic heterocycles. The summed E-state index contributed by atoms with van der Waals surface area (Å²) in [6.07, 6.45) is 1.05. The summed E-state index contributed by atoms with van der Waals surface area (Å²) in [4.78, 5) is 5.71. The number of halogens is 1. The van der Waals surface area contributed by atoms with E-state index in [1.807, 2.05) is 6.92 Å². The van der Waals surface area contributed by atoms with Gasteiger partial charge in [-0.05, 0) is 26.2 Å². The first-order valence-corrected chi connectivity index (χ1v) is 6.22. The zero-order valence-electron chi connectivity index (χ0n) is 8.93. The number of nitrogens with one attached hydrogen (secondary N) is 1. The van der Waals surface area contributed by atoms with Crippen molar-refractivity contribution in [2.24, 2.45) is 5.92 Å². The quantitative estimate of drug-likeness (QED) is 0.787. The third kappa shape index (κ3) is 3.46. The van der Waals surface area contributed by atoms with Gasteiger partial charge < -0.3 is 5.32 Å². The topological polar surface area (TPSA) is 24.9 Å². The molecule has 4 heteroatoms. The van der Waals surface area contributed by atoms with Gasteiger partial charge in [-0.3, -0.25) is 0 Å². The summed E-state index contributed by atoms with van der Waals surface area (Å²) in [5.74, 6) is 1.34. The molecule has 1 unspecified atom stereocenters. The minimum Gasteiger partial charge on any atom is -0.361 e. The predicted molar refractivity (Wildman–Crippen MR) is 64.6 cm³/mol. The van der Waals surface area contributed by atoms with Crippen LogP contribution in [0.25, 0.3) is 0 Å². The first-order chi connectivity index (χ1) is 6.63. The van der Waals surface area contributed by atoms with E-state index in [4.69, 9.17) is 11.6 Å². The van der Waals surface area contributed by atoms with Gasteiger partial charge in [0.15, 0.2) is 5.13 Å². The Labute approximate surface area is 94.7 Å². The van der Waals surface area contributed by atoms with Gasteiger partial charge in [-0.1, -0.05) is 6.92 Å². The second-order valence-electron chi connectivity index (χ2n) is 3.62. The number of thiazole rings is 1. The van der Waals surface area contributed by atoms with Crippen molar-refractivity contribution in [3.8, 4) is 0 Å². The van der Waals surface area contributed by atoms with Gasteiger partial charge in [0.05, 0.1) is 5.69 Å². The van der Waals surface area contributed by atoms with Gasteiger partial charge in [-0.15, -0.1) is 22.9 Å². The molecule has 0 bridgehead atoms. The lowest BCUT2D eigenvalue weighted by Gasteiger charge is -2.09. The lowest BCUT2D eigenvalue weighted by molar-refractivity contribution is 0.597. The number of anilines is 1. The maximum absolute atomic E-state index is 5.67. The Morgan fingerprint density at radius 2 is 2.21 bits per heavy atom. The number of nitrogens with zero attached hydrogens (tertiary/aromatic N) is 1. The maximum atomic E-state index is 5.67. The highest BCUT2D eigenvalue weighted by Crippen LogP contribution is 2.21. The van der Waals surface area contributed by atoms with Crippen molar-refractivity contribution in [2.75, 3.05) is 17.7 Å². The van der Waals surface area contributed by atoms with Crippen LogP contribution in [0.4, 0.5) is 5.13 Å². The van der Waals surface area contributed by atoms with Crippen molar-refractivity contribution < 1.29 is 0 Å². The second-order valence-corrected chi connectivity index (χ2v) is 5.21. The molecule has 0 saturated heterocycles. The largest absolute Gasteiger partial charge is 0.361 e. The van der Waals surface area contributed by atoms with Crippen LogP contribution in [0, 0.1) is 19.8 Å². The molecular formula is C10H17ClN2S. The van der Waals surface area contributed by atoms with Gasteiger partial charge >= 0.3 is 0 Å². The van der Waals surface area contributed by atoms with Crippen LogP contribution in [0.3, 0.4) is 0 Å². The van der Waals surface area contributed by atoms with E-state index in [-0.39, 0.29) is 0 Å². The van der Waals surface area contributed by atoms with Gasteiger partial charge in [-0.25, -0.2) is 4.98 Å². The molecule has 1 N–H and O–H groups in total. The molecule has 1 aromatic rings. The summed E-state index contributed by atoms with van der Waals surface area (Å²) >= 11 is 7.39. The van der Waals surface area contributed by atoms with E-state index in [0.29, 0.717) is 5.92 Å². The zero-order valence-corrected chi connectivity index (χ0v) is 10.5. The first-order valence-electron chi connectivity index (χ1n) is 4.87. The van der Waals surface area contributed by atoms with E-state index in [0.717, 1.165) is 29.7 Å². The maximum Gasteiger partial charge on any atom is 0.183 e. The Kier molecular flexibility index (Phi) is 4.69. The van der Waals surface area contributed by atoms with E-state index in [1.165, 1.54) is 4.88 Å². The molecule has 80 valence electrons. The highest BCUT2D eigenvalue weighted by atomic mass is 35.5. The Morgan fingerprint density at radius 3 is 2.71 bits per heavy atom. The molecular weight excluding hydrogens is 216 g/mol. The average molecular weight is 233 g/mol. The van der Waals surface area contributed by atoms with E-state index in [2.05, 4.69) is 24.1 Å². The zero-order chi connectivity index (χ0) is 10.6. The molecule has 0 aliphatic rings. The average Bonchev–Trinajstić information content (AvgIpc) is 2.44. The molecule has 1 atom stereocenters.